The van der Waals surface area contributed by atoms with Crippen LogP contribution in [0.15, 0.2) is 18.6 Å². The van der Waals surface area contributed by atoms with Crippen molar-refractivity contribution in [1.29, 1.82) is 0 Å². The van der Waals surface area contributed by atoms with E-state index in [1.165, 1.54) is 18.1 Å². The summed E-state index contributed by atoms with van der Waals surface area (Å²) in [6.07, 6.45) is 7.32. The maximum absolute atomic E-state index is 10.9. The molecule has 0 spiro atoms. The standard InChI is InChI=1S/C14H23N3O2.C12H19N3O2.C11H18N2O.CH4/c1-14(2,3)12-5-15-17-6-10(9-19-13(12)17)16-7-11(8-16)18-4;1-8(2)11-5-14-15-6-10(4-13-9(3)16)7-17-12(11)15;1-4-9-6-13-11(14-7-9)10(5-12-13)8(2)3;/h5,10-11H,6-9H2,1-4H3;5,8,10H,4,6-7H2,1-3H3,(H,13,16);5,8-9H,4,6-7H2,1-3H3;1H4. The molecule has 3 unspecified atom stereocenters. The second-order valence-electron chi connectivity index (χ2n) is 15.8. The monoisotopic (exact) mass is 712 g/mol. The van der Waals surface area contributed by atoms with E-state index in [0.29, 0.717) is 49.0 Å². The fourth-order valence-electron chi connectivity index (χ4n) is 6.53. The van der Waals surface area contributed by atoms with Crippen LogP contribution in [-0.4, -0.2) is 98.9 Å². The Kier molecular flexibility index (Phi) is 13.6. The Morgan fingerprint density at radius 1 is 0.824 bits per heavy atom. The molecule has 1 N–H and O–H groups in total. The first kappa shape index (κ1) is 40.2. The van der Waals surface area contributed by atoms with Crippen molar-refractivity contribution < 1.29 is 23.7 Å². The first-order valence-electron chi connectivity index (χ1n) is 18.4. The van der Waals surface area contributed by atoms with Gasteiger partial charge in [0, 0.05) is 62.2 Å². The summed E-state index contributed by atoms with van der Waals surface area (Å²) in [5, 5.41) is 16.0. The van der Waals surface area contributed by atoms with Crippen LogP contribution in [0.25, 0.3) is 0 Å². The molecule has 4 aliphatic rings. The van der Waals surface area contributed by atoms with E-state index < -0.39 is 0 Å². The highest BCUT2D eigenvalue weighted by atomic mass is 16.5. The zero-order valence-electron chi connectivity index (χ0n) is 31.9. The Hall–Kier alpha value is -3.58. The lowest BCUT2D eigenvalue weighted by Gasteiger charge is -2.44. The Balaban J connectivity index is 0.000000172. The molecular weight excluding hydrogens is 648 g/mol. The van der Waals surface area contributed by atoms with Crippen molar-refractivity contribution >= 4 is 5.91 Å². The molecular formula is C38H64N8O5. The number of ether oxygens (including phenoxy) is 4. The number of nitrogens with one attached hydrogen (secondary N) is 1. The van der Waals surface area contributed by atoms with Gasteiger partial charge in [-0.2, -0.15) is 15.3 Å². The molecule has 0 aromatic carbocycles. The molecule has 4 aliphatic heterocycles. The fraction of sp³-hybridized carbons (Fsp3) is 0.737. The van der Waals surface area contributed by atoms with Crippen LogP contribution in [0.1, 0.15) is 105 Å². The van der Waals surface area contributed by atoms with Gasteiger partial charge < -0.3 is 24.3 Å². The Morgan fingerprint density at radius 2 is 1.33 bits per heavy atom. The molecule has 3 aromatic heterocycles. The second kappa shape index (κ2) is 17.3. The van der Waals surface area contributed by atoms with Gasteiger partial charge in [0.15, 0.2) is 0 Å². The molecule has 3 aromatic rings. The third-order valence-corrected chi connectivity index (χ3v) is 9.99. The molecule has 0 saturated carbocycles. The lowest BCUT2D eigenvalue weighted by molar-refractivity contribution is -0.119. The number of hydrogen-bond acceptors (Lipinski definition) is 9. The van der Waals surface area contributed by atoms with E-state index in [2.05, 4.69) is 80.9 Å². The minimum atomic E-state index is -0.000804. The van der Waals surface area contributed by atoms with Crippen molar-refractivity contribution in [3.63, 3.8) is 0 Å². The van der Waals surface area contributed by atoms with Crippen LogP contribution in [0.5, 0.6) is 17.6 Å². The zero-order valence-corrected chi connectivity index (χ0v) is 31.9. The second-order valence-corrected chi connectivity index (χ2v) is 15.8. The van der Waals surface area contributed by atoms with Gasteiger partial charge in [0.25, 0.3) is 0 Å². The van der Waals surface area contributed by atoms with Crippen molar-refractivity contribution in [2.24, 2.45) is 11.8 Å². The number of fused-ring (bicyclic) bond motifs is 3. The van der Waals surface area contributed by atoms with Crippen molar-refractivity contribution in [2.45, 2.75) is 125 Å². The van der Waals surface area contributed by atoms with Crippen LogP contribution in [0.3, 0.4) is 0 Å². The van der Waals surface area contributed by atoms with Crippen molar-refractivity contribution in [3.8, 4) is 17.6 Å². The molecule has 13 nitrogen and oxygen atoms in total. The van der Waals surface area contributed by atoms with Crippen LogP contribution in [0.2, 0.25) is 0 Å². The lowest BCUT2D eigenvalue weighted by Crippen LogP contribution is -2.59. The summed E-state index contributed by atoms with van der Waals surface area (Å²) < 4.78 is 28.7. The van der Waals surface area contributed by atoms with E-state index in [-0.39, 0.29) is 18.7 Å². The van der Waals surface area contributed by atoms with Gasteiger partial charge in [-0.1, -0.05) is 62.8 Å². The Morgan fingerprint density at radius 3 is 1.84 bits per heavy atom. The molecule has 1 saturated heterocycles. The number of carbonyl (C=O) groups is 1. The average molecular weight is 713 g/mol. The molecule has 1 fully saturated rings. The van der Waals surface area contributed by atoms with Crippen LogP contribution in [0.4, 0.5) is 0 Å². The Labute approximate surface area is 305 Å². The predicted octanol–water partition coefficient (Wildman–Crippen LogP) is 5.48. The molecule has 0 bridgehead atoms. The van der Waals surface area contributed by atoms with Gasteiger partial charge >= 0.3 is 0 Å². The number of carbonyl (C=O) groups excluding carboxylic acids is 1. The van der Waals surface area contributed by atoms with Gasteiger partial charge in [0.05, 0.1) is 63.6 Å². The van der Waals surface area contributed by atoms with Crippen LogP contribution in [-0.2, 0) is 34.6 Å². The summed E-state index contributed by atoms with van der Waals surface area (Å²) in [5.41, 5.74) is 3.67. The number of aromatic nitrogens is 6. The largest absolute Gasteiger partial charge is 0.477 e. The predicted molar refractivity (Wildman–Crippen MR) is 199 cm³/mol. The number of amides is 1. The average Bonchev–Trinajstić information content (AvgIpc) is 3.80. The maximum Gasteiger partial charge on any atom is 0.216 e. The summed E-state index contributed by atoms with van der Waals surface area (Å²) in [4.78, 5) is 13.3. The van der Waals surface area contributed by atoms with Crippen LogP contribution < -0.4 is 19.5 Å². The van der Waals surface area contributed by atoms with Crippen LogP contribution in [0, 0.1) is 11.8 Å². The molecule has 1 amide bonds. The highest BCUT2D eigenvalue weighted by Crippen LogP contribution is 2.34. The summed E-state index contributed by atoms with van der Waals surface area (Å²) in [6.45, 7) is 26.6. The number of methoxy groups -OCH3 is 1. The minimum absolute atomic E-state index is 0. The number of nitrogens with zero attached hydrogens (tertiary/aromatic N) is 7. The van der Waals surface area contributed by atoms with Gasteiger partial charge in [0.2, 0.25) is 23.5 Å². The molecule has 0 aliphatic carbocycles. The van der Waals surface area contributed by atoms with Crippen molar-refractivity contribution in [2.75, 3.05) is 46.6 Å². The van der Waals surface area contributed by atoms with Gasteiger partial charge in [-0.3, -0.25) is 9.69 Å². The molecule has 0 radical (unpaired) electrons. The van der Waals surface area contributed by atoms with E-state index in [0.717, 1.165) is 75.6 Å². The molecule has 13 heteroatoms. The summed E-state index contributed by atoms with van der Waals surface area (Å²) in [7, 11) is 1.78. The summed E-state index contributed by atoms with van der Waals surface area (Å²) in [5.74, 6) is 4.67. The summed E-state index contributed by atoms with van der Waals surface area (Å²) in [6, 6.07) is 0.423. The first-order chi connectivity index (χ1) is 23.8. The summed E-state index contributed by atoms with van der Waals surface area (Å²) >= 11 is 0. The minimum Gasteiger partial charge on any atom is -0.477 e. The SMILES string of the molecule is C.CC(=O)NCC1COc2c(C(C)C)cnn2C1.CCC1COc2c(C(C)C)cnn2C1.COC1CN(C2COc3c(C(C)(C)C)cnn3C2)C1. The normalized spacial score (nSPS) is 21.1. The smallest absolute Gasteiger partial charge is 0.216 e. The first-order valence-corrected chi connectivity index (χ1v) is 18.4. The van der Waals surface area contributed by atoms with Crippen molar-refractivity contribution in [3.05, 3.63) is 35.3 Å². The topological polar surface area (TPSA) is 123 Å². The third-order valence-electron chi connectivity index (χ3n) is 9.99. The molecule has 286 valence electrons. The quantitative estimate of drug-likeness (QED) is 0.339. The molecule has 3 atom stereocenters. The van der Waals surface area contributed by atoms with Crippen LogP contribution >= 0.6 is 0 Å². The van der Waals surface area contributed by atoms with Gasteiger partial charge in [-0.25, -0.2) is 14.0 Å². The van der Waals surface area contributed by atoms with Crippen molar-refractivity contribution in [1.82, 2.24) is 39.6 Å². The number of likely N-dealkylation sites (tertiary alicyclic amines) is 1. The highest BCUT2D eigenvalue weighted by Gasteiger charge is 2.37. The maximum atomic E-state index is 10.9. The third kappa shape index (κ3) is 9.65. The zero-order chi connectivity index (χ0) is 36.2. The van der Waals surface area contributed by atoms with Gasteiger partial charge in [0.1, 0.15) is 6.61 Å². The fourth-order valence-corrected chi connectivity index (χ4v) is 6.53. The number of rotatable bonds is 7. The van der Waals surface area contributed by atoms with E-state index in [1.54, 1.807) is 7.11 Å². The van der Waals surface area contributed by atoms with E-state index in [9.17, 15) is 4.79 Å². The lowest BCUT2D eigenvalue weighted by atomic mass is 9.89. The molecule has 7 rings (SSSR count). The molecule has 7 heterocycles. The molecule has 51 heavy (non-hydrogen) atoms. The highest BCUT2D eigenvalue weighted by molar-refractivity contribution is 5.72. The number of hydrogen-bond donors (Lipinski definition) is 1. The van der Waals surface area contributed by atoms with E-state index >= 15 is 0 Å². The van der Waals surface area contributed by atoms with E-state index in [1.807, 2.05) is 32.6 Å². The van der Waals surface area contributed by atoms with Gasteiger partial charge in [-0.15, -0.1) is 0 Å². The van der Waals surface area contributed by atoms with E-state index in [4.69, 9.17) is 18.9 Å². The Bertz CT molecular complexity index is 1550. The van der Waals surface area contributed by atoms with Gasteiger partial charge in [-0.05, 0) is 23.7 Å².